The molecule has 1 aromatic carbocycles. The summed E-state index contributed by atoms with van der Waals surface area (Å²) in [4.78, 5) is 0. The second-order valence-electron chi connectivity index (χ2n) is 6.40. The van der Waals surface area contributed by atoms with Gasteiger partial charge in [0.1, 0.15) is 11.4 Å². The number of nitrogen functional groups attached to an aromatic ring is 1. The highest BCUT2D eigenvalue weighted by Crippen LogP contribution is 2.31. The van der Waals surface area contributed by atoms with Gasteiger partial charge >= 0.3 is 0 Å². The lowest BCUT2D eigenvalue weighted by Crippen LogP contribution is -2.10. The van der Waals surface area contributed by atoms with Gasteiger partial charge in [0, 0.05) is 6.54 Å². The average Bonchev–Trinajstić information content (AvgIpc) is 2.67. The number of aromatic nitrogens is 2. The number of hydrogen-bond donors (Lipinski definition) is 1. The zero-order chi connectivity index (χ0) is 15.6. The Morgan fingerprint density at radius 1 is 1.19 bits per heavy atom. The second kappa shape index (κ2) is 5.80. The Balaban J connectivity index is 2.26. The molecule has 4 nitrogen and oxygen atoms in total. The van der Waals surface area contributed by atoms with Crippen molar-refractivity contribution in [2.24, 2.45) is 0 Å². The van der Waals surface area contributed by atoms with Crippen LogP contribution in [0.4, 0.5) is 5.69 Å². The maximum Gasteiger partial charge on any atom is 0.241 e. The predicted molar refractivity (Wildman–Crippen MR) is 86.9 cm³/mol. The summed E-state index contributed by atoms with van der Waals surface area (Å²) >= 11 is 0. The topological polar surface area (TPSA) is 53.1 Å². The van der Waals surface area contributed by atoms with Gasteiger partial charge in [0.2, 0.25) is 5.88 Å². The second-order valence-corrected chi connectivity index (χ2v) is 6.40. The van der Waals surface area contributed by atoms with Crippen LogP contribution in [0.5, 0.6) is 11.6 Å². The van der Waals surface area contributed by atoms with Crippen molar-refractivity contribution in [3.05, 3.63) is 35.5 Å². The average molecular weight is 287 g/mol. The summed E-state index contributed by atoms with van der Waals surface area (Å²) in [6, 6.07) is 8.16. The van der Waals surface area contributed by atoms with Crippen LogP contribution < -0.4 is 10.5 Å². The Labute approximate surface area is 126 Å². The minimum Gasteiger partial charge on any atom is -0.437 e. The number of benzene rings is 1. The van der Waals surface area contributed by atoms with Crippen molar-refractivity contribution in [3.8, 4) is 11.6 Å². The van der Waals surface area contributed by atoms with Gasteiger partial charge in [-0.2, -0.15) is 5.10 Å². The van der Waals surface area contributed by atoms with Crippen LogP contribution in [0.1, 0.15) is 45.4 Å². The lowest BCUT2D eigenvalue weighted by atomic mass is 9.87. The van der Waals surface area contributed by atoms with Crippen LogP contribution >= 0.6 is 0 Å². The summed E-state index contributed by atoms with van der Waals surface area (Å²) < 4.78 is 7.79. The minimum atomic E-state index is 0.137. The number of anilines is 1. The molecule has 2 N–H and O–H groups in total. The first-order chi connectivity index (χ1) is 9.82. The smallest absolute Gasteiger partial charge is 0.241 e. The Morgan fingerprint density at radius 3 is 2.33 bits per heavy atom. The standard InChI is InChI=1S/C17H25N3O/c1-6-11-20-16(15(18)12(2)19-20)21-14-9-7-13(8-10-14)17(3,4)5/h7-10H,6,11,18H2,1-5H3. The highest BCUT2D eigenvalue weighted by Gasteiger charge is 2.16. The van der Waals surface area contributed by atoms with Gasteiger partial charge in [-0.25, -0.2) is 4.68 Å². The van der Waals surface area contributed by atoms with Gasteiger partial charge in [0.15, 0.2) is 0 Å². The van der Waals surface area contributed by atoms with E-state index in [9.17, 15) is 0 Å². The molecule has 0 fully saturated rings. The van der Waals surface area contributed by atoms with Crippen LogP contribution in [0.3, 0.4) is 0 Å². The Morgan fingerprint density at radius 2 is 1.81 bits per heavy atom. The SMILES string of the molecule is CCCn1nc(C)c(N)c1Oc1ccc(C(C)(C)C)cc1. The van der Waals surface area contributed by atoms with E-state index in [1.54, 1.807) is 0 Å². The molecule has 1 heterocycles. The lowest BCUT2D eigenvalue weighted by molar-refractivity contribution is 0.410. The van der Waals surface area contributed by atoms with Crippen molar-refractivity contribution in [1.82, 2.24) is 9.78 Å². The number of rotatable bonds is 4. The van der Waals surface area contributed by atoms with Gasteiger partial charge in [-0.1, -0.05) is 39.8 Å². The molecule has 0 aliphatic rings. The molecule has 1 aromatic heterocycles. The molecule has 0 spiro atoms. The molecule has 0 saturated carbocycles. The Kier molecular flexibility index (Phi) is 4.26. The van der Waals surface area contributed by atoms with E-state index in [1.165, 1.54) is 5.56 Å². The molecule has 0 unspecified atom stereocenters. The normalized spacial score (nSPS) is 11.7. The van der Waals surface area contributed by atoms with E-state index in [4.69, 9.17) is 10.5 Å². The van der Waals surface area contributed by atoms with E-state index >= 15 is 0 Å². The first-order valence-electron chi connectivity index (χ1n) is 7.44. The number of nitrogens with zero attached hydrogens (tertiary/aromatic N) is 2. The Hall–Kier alpha value is -1.97. The monoisotopic (exact) mass is 287 g/mol. The van der Waals surface area contributed by atoms with Crippen molar-refractivity contribution in [1.29, 1.82) is 0 Å². The summed E-state index contributed by atoms with van der Waals surface area (Å²) in [5.41, 5.74) is 8.91. The molecular weight excluding hydrogens is 262 g/mol. The number of hydrogen-bond acceptors (Lipinski definition) is 3. The molecule has 0 aliphatic carbocycles. The maximum absolute atomic E-state index is 6.07. The van der Waals surface area contributed by atoms with Crippen LogP contribution in [-0.2, 0) is 12.0 Å². The fourth-order valence-corrected chi connectivity index (χ4v) is 2.18. The lowest BCUT2D eigenvalue weighted by Gasteiger charge is -2.19. The van der Waals surface area contributed by atoms with E-state index in [0.717, 1.165) is 24.4 Å². The number of ether oxygens (including phenoxy) is 1. The number of aryl methyl sites for hydroxylation is 2. The van der Waals surface area contributed by atoms with Gasteiger partial charge in [-0.15, -0.1) is 0 Å². The van der Waals surface area contributed by atoms with Crippen LogP contribution in [-0.4, -0.2) is 9.78 Å². The van der Waals surface area contributed by atoms with Crippen molar-refractivity contribution in [2.75, 3.05) is 5.73 Å². The number of nitrogens with two attached hydrogens (primary N) is 1. The highest BCUT2D eigenvalue weighted by molar-refractivity contribution is 5.54. The first-order valence-corrected chi connectivity index (χ1v) is 7.44. The molecule has 0 aliphatic heterocycles. The molecule has 21 heavy (non-hydrogen) atoms. The van der Waals surface area contributed by atoms with Crippen molar-refractivity contribution in [3.63, 3.8) is 0 Å². The maximum atomic E-state index is 6.07. The third-order valence-electron chi connectivity index (χ3n) is 3.50. The van der Waals surface area contributed by atoms with Crippen LogP contribution in [0.15, 0.2) is 24.3 Å². The van der Waals surface area contributed by atoms with Gasteiger partial charge in [-0.05, 0) is 36.5 Å². The zero-order valence-corrected chi connectivity index (χ0v) is 13.6. The summed E-state index contributed by atoms with van der Waals surface area (Å²) in [7, 11) is 0. The summed E-state index contributed by atoms with van der Waals surface area (Å²) in [6.45, 7) is 11.4. The molecule has 2 rings (SSSR count). The minimum absolute atomic E-state index is 0.137. The molecule has 0 saturated heterocycles. The quantitative estimate of drug-likeness (QED) is 0.913. The largest absolute Gasteiger partial charge is 0.437 e. The van der Waals surface area contributed by atoms with Gasteiger partial charge < -0.3 is 10.5 Å². The molecule has 0 bridgehead atoms. The van der Waals surface area contributed by atoms with Crippen LogP contribution in [0.25, 0.3) is 0 Å². The van der Waals surface area contributed by atoms with Crippen LogP contribution in [0.2, 0.25) is 0 Å². The van der Waals surface area contributed by atoms with Gasteiger partial charge in [0.25, 0.3) is 0 Å². The van der Waals surface area contributed by atoms with E-state index in [-0.39, 0.29) is 5.41 Å². The van der Waals surface area contributed by atoms with E-state index in [1.807, 2.05) is 23.7 Å². The first kappa shape index (κ1) is 15.4. The van der Waals surface area contributed by atoms with Crippen molar-refractivity contribution < 1.29 is 4.74 Å². The summed E-state index contributed by atoms with van der Waals surface area (Å²) in [6.07, 6.45) is 0.986. The van der Waals surface area contributed by atoms with Crippen molar-refractivity contribution >= 4 is 5.69 Å². The summed E-state index contributed by atoms with van der Waals surface area (Å²) in [5, 5.41) is 4.42. The predicted octanol–water partition coefficient (Wildman–Crippen LogP) is 4.27. The van der Waals surface area contributed by atoms with Gasteiger partial charge in [0.05, 0.1) is 5.69 Å². The molecule has 4 heteroatoms. The highest BCUT2D eigenvalue weighted by atomic mass is 16.5. The molecular formula is C17H25N3O. The molecule has 2 aromatic rings. The zero-order valence-electron chi connectivity index (χ0n) is 13.6. The molecule has 114 valence electrons. The molecule has 0 atom stereocenters. The third kappa shape index (κ3) is 3.38. The molecule has 0 amide bonds. The van der Waals surface area contributed by atoms with Crippen LogP contribution in [0, 0.1) is 6.92 Å². The van der Waals surface area contributed by atoms with E-state index in [0.29, 0.717) is 11.6 Å². The van der Waals surface area contributed by atoms with Crippen molar-refractivity contribution in [2.45, 2.75) is 53.0 Å². The van der Waals surface area contributed by atoms with E-state index < -0.39 is 0 Å². The molecule has 0 radical (unpaired) electrons. The fourth-order valence-electron chi connectivity index (χ4n) is 2.18. The Bertz CT molecular complexity index is 606. The third-order valence-corrected chi connectivity index (χ3v) is 3.50. The fraction of sp³-hybridized carbons (Fsp3) is 0.471. The summed E-state index contributed by atoms with van der Waals surface area (Å²) in [5.74, 6) is 1.42. The van der Waals surface area contributed by atoms with Gasteiger partial charge in [-0.3, -0.25) is 0 Å². The van der Waals surface area contributed by atoms with E-state index in [2.05, 4.69) is 44.9 Å².